The molecule has 0 saturated heterocycles. The Morgan fingerprint density at radius 2 is 1.45 bits per heavy atom. The molecule has 0 aromatic heterocycles. The summed E-state index contributed by atoms with van der Waals surface area (Å²) in [5, 5.41) is 0. The Kier molecular flexibility index (Phi) is 8.09. The highest BCUT2D eigenvalue weighted by Gasteiger charge is 2.40. The van der Waals surface area contributed by atoms with Crippen LogP contribution in [0.4, 0.5) is 17.1 Å². The van der Waals surface area contributed by atoms with Gasteiger partial charge in [0.1, 0.15) is 11.9 Å². The number of anilines is 3. The van der Waals surface area contributed by atoms with Gasteiger partial charge in [-0.2, -0.15) is 0 Å². The lowest BCUT2D eigenvalue weighted by molar-refractivity contribution is 0.0968. The molecule has 44 heavy (non-hydrogen) atoms. The maximum absolute atomic E-state index is 14.5. The summed E-state index contributed by atoms with van der Waals surface area (Å²) >= 11 is 0. The second-order valence-corrected chi connectivity index (χ2v) is 12.3. The van der Waals surface area contributed by atoms with Crippen LogP contribution in [-0.4, -0.2) is 20.9 Å². The topological polar surface area (TPSA) is 78.9 Å². The van der Waals surface area contributed by atoms with Gasteiger partial charge in [-0.05, 0) is 79.6 Å². The highest BCUT2D eigenvalue weighted by molar-refractivity contribution is 7.92. The first kappa shape index (κ1) is 29.0. The Labute approximate surface area is 258 Å². The lowest BCUT2D eigenvalue weighted by Gasteiger charge is -2.46. The van der Waals surface area contributed by atoms with Crippen molar-refractivity contribution in [1.29, 1.82) is 0 Å². The van der Waals surface area contributed by atoms with Crippen LogP contribution >= 0.6 is 0 Å². The maximum atomic E-state index is 14.5. The van der Waals surface area contributed by atoms with Crippen molar-refractivity contribution >= 4 is 33.0 Å². The van der Waals surface area contributed by atoms with Crippen LogP contribution in [0, 0.1) is 6.92 Å². The Balaban J connectivity index is 1.50. The number of aryl methyl sites for hydroxylation is 1. The Morgan fingerprint density at radius 1 is 0.795 bits per heavy atom. The first-order valence-corrected chi connectivity index (χ1v) is 16.0. The number of hydrogen-bond donors (Lipinski definition) is 1. The monoisotopic (exact) mass is 603 g/mol. The minimum absolute atomic E-state index is 0.00893. The molecular weight excluding hydrogens is 570 g/mol. The molecule has 1 atom stereocenters. The highest BCUT2D eigenvalue weighted by atomic mass is 32.2. The van der Waals surface area contributed by atoms with Gasteiger partial charge in [0, 0.05) is 17.9 Å². The molecule has 0 spiro atoms. The summed E-state index contributed by atoms with van der Waals surface area (Å²) in [6.45, 7) is 4.88. The summed E-state index contributed by atoms with van der Waals surface area (Å²) < 4.78 is 35.4. The molecule has 0 radical (unpaired) electrons. The zero-order valence-corrected chi connectivity index (χ0v) is 25.4. The van der Waals surface area contributed by atoms with E-state index in [0.29, 0.717) is 41.5 Å². The molecule has 8 heteroatoms. The van der Waals surface area contributed by atoms with E-state index in [-0.39, 0.29) is 10.8 Å². The third-order valence-corrected chi connectivity index (χ3v) is 8.98. The number of fused-ring (bicyclic) bond motifs is 1. The summed E-state index contributed by atoms with van der Waals surface area (Å²) in [4.78, 5) is 18.4. The van der Waals surface area contributed by atoms with Crippen LogP contribution in [0.2, 0.25) is 0 Å². The summed E-state index contributed by atoms with van der Waals surface area (Å²) in [7, 11) is -3.97. The number of rotatable bonds is 9. The lowest BCUT2D eigenvalue weighted by atomic mass is 9.99. The predicted molar refractivity (Wildman–Crippen MR) is 175 cm³/mol. The molecule has 7 nitrogen and oxygen atoms in total. The minimum Gasteiger partial charge on any atom is -0.494 e. The van der Waals surface area contributed by atoms with E-state index in [1.54, 1.807) is 29.2 Å². The van der Waals surface area contributed by atoms with E-state index in [1.165, 1.54) is 6.07 Å². The second kappa shape index (κ2) is 12.3. The fourth-order valence-electron chi connectivity index (χ4n) is 5.49. The Morgan fingerprint density at radius 3 is 2.11 bits per heavy atom. The zero-order valence-electron chi connectivity index (χ0n) is 24.6. The number of benzene rings is 5. The highest BCUT2D eigenvalue weighted by Crippen LogP contribution is 2.43. The molecule has 0 fully saturated rings. The number of carbonyl (C=O) groups is 1. The molecule has 0 bridgehead atoms. The van der Waals surface area contributed by atoms with E-state index >= 15 is 0 Å². The van der Waals surface area contributed by atoms with Crippen molar-refractivity contribution in [2.75, 3.05) is 21.1 Å². The SMILES string of the molecule is CCOc1ccc(N2C(=O)c3cc(S(=O)(=O)Nc4ccc(C)cc4)ccc3N(Cc3ccccc3)[C@@H]2c2ccccc2)cc1. The lowest BCUT2D eigenvalue weighted by Crippen LogP contribution is -2.49. The normalized spacial score (nSPS) is 14.7. The van der Waals surface area contributed by atoms with Gasteiger partial charge in [0.05, 0.1) is 22.8 Å². The van der Waals surface area contributed by atoms with Crippen molar-refractivity contribution in [1.82, 2.24) is 0 Å². The fraction of sp³-hybridized carbons (Fsp3) is 0.139. The van der Waals surface area contributed by atoms with E-state index < -0.39 is 16.2 Å². The summed E-state index contributed by atoms with van der Waals surface area (Å²) in [5.41, 5.74) is 5.07. The van der Waals surface area contributed by atoms with Gasteiger partial charge >= 0.3 is 0 Å². The van der Waals surface area contributed by atoms with Gasteiger partial charge in [-0.15, -0.1) is 0 Å². The third-order valence-electron chi connectivity index (χ3n) is 7.60. The molecule has 6 rings (SSSR count). The molecule has 1 aliphatic rings. The third kappa shape index (κ3) is 5.89. The van der Waals surface area contributed by atoms with Crippen LogP contribution in [-0.2, 0) is 16.6 Å². The van der Waals surface area contributed by atoms with Gasteiger partial charge in [0.15, 0.2) is 0 Å². The predicted octanol–water partition coefficient (Wildman–Crippen LogP) is 7.56. The largest absolute Gasteiger partial charge is 0.494 e. The Hall–Kier alpha value is -5.08. The molecule has 5 aromatic rings. The smallest absolute Gasteiger partial charge is 0.262 e. The maximum Gasteiger partial charge on any atom is 0.262 e. The van der Waals surface area contributed by atoms with Crippen molar-refractivity contribution in [3.63, 3.8) is 0 Å². The minimum atomic E-state index is -3.97. The van der Waals surface area contributed by atoms with Crippen molar-refractivity contribution in [3.8, 4) is 5.75 Å². The van der Waals surface area contributed by atoms with Gasteiger partial charge < -0.3 is 9.64 Å². The summed E-state index contributed by atoms with van der Waals surface area (Å²) in [6.07, 6.45) is -0.498. The van der Waals surface area contributed by atoms with Crippen LogP contribution in [0.25, 0.3) is 0 Å². The van der Waals surface area contributed by atoms with Crippen molar-refractivity contribution in [2.24, 2.45) is 0 Å². The number of nitrogens with zero attached hydrogens (tertiary/aromatic N) is 2. The summed E-state index contributed by atoms with van der Waals surface area (Å²) in [6, 6.07) is 39.2. The number of nitrogens with one attached hydrogen (secondary N) is 1. The molecule has 0 unspecified atom stereocenters. The summed E-state index contributed by atoms with van der Waals surface area (Å²) in [5.74, 6) is 0.406. The first-order chi connectivity index (χ1) is 21.3. The number of amides is 1. The number of ether oxygens (including phenoxy) is 1. The van der Waals surface area contributed by atoms with Crippen LogP contribution in [0.5, 0.6) is 5.75 Å². The van der Waals surface area contributed by atoms with E-state index in [1.807, 2.05) is 111 Å². The van der Waals surface area contributed by atoms with Crippen molar-refractivity contribution in [2.45, 2.75) is 31.5 Å². The van der Waals surface area contributed by atoms with Gasteiger partial charge in [-0.25, -0.2) is 8.42 Å². The number of carbonyl (C=O) groups excluding carboxylic acids is 1. The van der Waals surface area contributed by atoms with Crippen molar-refractivity contribution < 1.29 is 17.9 Å². The molecule has 222 valence electrons. The number of sulfonamides is 1. The van der Waals surface area contributed by atoms with E-state index in [9.17, 15) is 13.2 Å². The zero-order chi connectivity index (χ0) is 30.7. The van der Waals surface area contributed by atoms with Gasteiger partial charge in [0.25, 0.3) is 15.9 Å². The first-order valence-electron chi connectivity index (χ1n) is 14.5. The molecular formula is C36H33N3O4S. The second-order valence-electron chi connectivity index (χ2n) is 10.7. The molecule has 0 aliphatic carbocycles. The van der Waals surface area contributed by atoms with Crippen LogP contribution < -0.4 is 19.3 Å². The average molecular weight is 604 g/mol. The van der Waals surface area contributed by atoms with Gasteiger partial charge in [-0.1, -0.05) is 78.4 Å². The average Bonchev–Trinajstić information content (AvgIpc) is 3.04. The Bertz CT molecular complexity index is 1860. The molecule has 1 N–H and O–H groups in total. The van der Waals surface area contributed by atoms with Crippen LogP contribution in [0.3, 0.4) is 0 Å². The molecule has 1 amide bonds. The van der Waals surface area contributed by atoms with E-state index in [2.05, 4.69) is 9.62 Å². The van der Waals surface area contributed by atoms with Crippen LogP contribution in [0.15, 0.2) is 132 Å². The van der Waals surface area contributed by atoms with E-state index in [4.69, 9.17) is 4.74 Å². The van der Waals surface area contributed by atoms with Gasteiger partial charge in [0.2, 0.25) is 0 Å². The molecule has 0 saturated carbocycles. The van der Waals surface area contributed by atoms with E-state index in [0.717, 1.165) is 16.7 Å². The van der Waals surface area contributed by atoms with Gasteiger partial charge in [-0.3, -0.25) is 14.4 Å². The fourth-order valence-corrected chi connectivity index (χ4v) is 6.57. The molecule has 1 aliphatic heterocycles. The molecule has 5 aromatic carbocycles. The van der Waals surface area contributed by atoms with Crippen LogP contribution in [0.1, 0.15) is 40.1 Å². The van der Waals surface area contributed by atoms with Crippen molar-refractivity contribution in [3.05, 3.63) is 150 Å². The molecule has 1 heterocycles. The number of hydrogen-bond acceptors (Lipinski definition) is 5. The standard InChI is InChI=1S/C36H33N3O4S/c1-3-43-31-20-18-30(19-21-31)39-35(28-12-8-5-9-13-28)38(25-27-10-6-4-7-11-27)34-23-22-32(24-33(34)36(39)40)44(41,42)37-29-16-14-26(2)15-17-29/h4-24,35,37H,3,25H2,1-2H3/t35-/m0/s1. The quantitative estimate of drug-likeness (QED) is 0.188.